The molecule has 0 aliphatic rings. The minimum Gasteiger partial charge on any atom is -0.484 e. The summed E-state index contributed by atoms with van der Waals surface area (Å²) in [7, 11) is 0. The fourth-order valence-corrected chi connectivity index (χ4v) is 2.17. The van der Waals surface area contributed by atoms with E-state index in [-0.39, 0.29) is 12.5 Å². The summed E-state index contributed by atoms with van der Waals surface area (Å²) in [5, 5.41) is 2.84. The van der Waals surface area contributed by atoms with Crippen molar-refractivity contribution in [1.82, 2.24) is 9.55 Å². The quantitative estimate of drug-likeness (QED) is 0.787. The molecule has 1 amide bonds. The maximum absolute atomic E-state index is 11.9. The number of rotatable bonds is 5. The highest BCUT2D eigenvalue weighted by Gasteiger charge is 2.05. The van der Waals surface area contributed by atoms with Crippen LogP contribution in [0.25, 0.3) is 5.69 Å². The largest absolute Gasteiger partial charge is 0.484 e. The fraction of sp³-hybridized carbons (Fsp3) is 0.111. The van der Waals surface area contributed by atoms with Gasteiger partial charge >= 0.3 is 0 Å². The maximum atomic E-state index is 11.9. The first-order chi connectivity index (χ1) is 11.2. The summed E-state index contributed by atoms with van der Waals surface area (Å²) < 4.78 is 7.41. The minimum atomic E-state index is -0.182. The van der Waals surface area contributed by atoms with Gasteiger partial charge in [-0.05, 0) is 42.8 Å². The molecule has 0 bridgehead atoms. The molecular weight excluding hydrogens is 290 g/mol. The van der Waals surface area contributed by atoms with Gasteiger partial charge in [0.15, 0.2) is 6.61 Å². The Balaban J connectivity index is 1.56. The van der Waals surface area contributed by atoms with Crippen LogP contribution in [0.15, 0.2) is 67.3 Å². The number of aryl methyl sites for hydroxylation is 1. The topological polar surface area (TPSA) is 56.1 Å². The van der Waals surface area contributed by atoms with E-state index in [2.05, 4.69) is 10.3 Å². The third kappa shape index (κ3) is 3.77. The van der Waals surface area contributed by atoms with Crippen LogP contribution in [0.4, 0.5) is 5.69 Å². The second-order valence-corrected chi connectivity index (χ2v) is 5.12. The zero-order valence-corrected chi connectivity index (χ0v) is 12.8. The van der Waals surface area contributed by atoms with Crippen LogP contribution in [-0.2, 0) is 4.79 Å². The average molecular weight is 307 g/mol. The number of nitrogens with one attached hydrogen (secondary N) is 1. The van der Waals surface area contributed by atoms with Crippen LogP contribution in [0.3, 0.4) is 0 Å². The second kappa shape index (κ2) is 6.79. The number of benzene rings is 2. The number of para-hydroxylation sites is 1. The molecule has 0 unspecified atom stereocenters. The normalized spacial score (nSPS) is 10.3. The highest BCUT2D eigenvalue weighted by molar-refractivity contribution is 5.92. The second-order valence-electron chi connectivity index (χ2n) is 5.12. The molecule has 2 aromatic carbocycles. The number of nitrogens with zero attached hydrogens (tertiary/aromatic N) is 2. The third-order valence-corrected chi connectivity index (χ3v) is 3.43. The van der Waals surface area contributed by atoms with E-state index < -0.39 is 0 Å². The van der Waals surface area contributed by atoms with Crippen LogP contribution >= 0.6 is 0 Å². The Morgan fingerprint density at radius 3 is 2.65 bits per heavy atom. The Bertz CT molecular complexity index is 780. The van der Waals surface area contributed by atoms with Crippen LogP contribution in [0.5, 0.6) is 5.75 Å². The molecule has 0 fully saturated rings. The number of hydrogen-bond acceptors (Lipinski definition) is 3. The average Bonchev–Trinajstić information content (AvgIpc) is 3.10. The summed E-state index contributed by atoms with van der Waals surface area (Å²) in [6.45, 7) is 1.92. The van der Waals surface area contributed by atoms with E-state index in [1.807, 2.05) is 66.2 Å². The van der Waals surface area contributed by atoms with Crippen LogP contribution in [0.1, 0.15) is 5.56 Å². The van der Waals surface area contributed by atoms with Gasteiger partial charge in [0.1, 0.15) is 5.75 Å². The van der Waals surface area contributed by atoms with Crippen molar-refractivity contribution in [3.05, 3.63) is 72.8 Å². The van der Waals surface area contributed by atoms with Crippen LogP contribution in [0, 0.1) is 6.92 Å². The van der Waals surface area contributed by atoms with Gasteiger partial charge in [-0.2, -0.15) is 0 Å². The van der Waals surface area contributed by atoms with Gasteiger partial charge in [-0.15, -0.1) is 0 Å². The van der Waals surface area contributed by atoms with Gasteiger partial charge in [0, 0.05) is 23.8 Å². The van der Waals surface area contributed by atoms with Gasteiger partial charge in [-0.3, -0.25) is 4.79 Å². The molecule has 1 heterocycles. The lowest BCUT2D eigenvalue weighted by molar-refractivity contribution is -0.118. The zero-order chi connectivity index (χ0) is 16.1. The van der Waals surface area contributed by atoms with Crippen molar-refractivity contribution in [2.45, 2.75) is 6.92 Å². The van der Waals surface area contributed by atoms with Crippen LogP contribution in [-0.4, -0.2) is 22.1 Å². The Hall–Kier alpha value is -3.08. The lowest BCUT2D eigenvalue weighted by atomic mass is 10.2. The van der Waals surface area contributed by atoms with E-state index in [0.29, 0.717) is 5.75 Å². The molecular formula is C18H17N3O2. The van der Waals surface area contributed by atoms with Crippen molar-refractivity contribution in [1.29, 1.82) is 0 Å². The Labute approximate surface area is 134 Å². The predicted molar refractivity (Wildman–Crippen MR) is 88.9 cm³/mol. The van der Waals surface area contributed by atoms with Gasteiger partial charge in [-0.1, -0.05) is 18.2 Å². The summed E-state index contributed by atoms with van der Waals surface area (Å²) >= 11 is 0. The standard InChI is InChI=1S/C18H17N3O2/c1-14-4-2-3-5-17(14)20-18(22)12-23-16-8-6-15(7-9-16)21-11-10-19-13-21/h2-11,13H,12H2,1H3,(H,20,22). The summed E-state index contributed by atoms with van der Waals surface area (Å²) in [4.78, 5) is 15.9. The fourth-order valence-electron chi connectivity index (χ4n) is 2.17. The molecule has 5 heteroatoms. The number of hydrogen-bond donors (Lipinski definition) is 1. The highest BCUT2D eigenvalue weighted by Crippen LogP contribution is 2.16. The number of imidazole rings is 1. The van der Waals surface area contributed by atoms with E-state index in [1.54, 1.807) is 12.5 Å². The number of ether oxygens (including phenoxy) is 1. The lowest BCUT2D eigenvalue weighted by Crippen LogP contribution is -2.20. The molecule has 116 valence electrons. The SMILES string of the molecule is Cc1ccccc1NC(=O)COc1ccc(-n2ccnc2)cc1. The zero-order valence-electron chi connectivity index (χ0n) is 12.8. The first-order valence-corrected chi connectivity index (χ1v) is 7.29. The molecule has 3 aromatic rings. The molecule has 5 nitrogen and oxygen atoms in total. The first-order valence-electron chi connectivity index (χ1n) is 7.29. The number of anilines is 1. The lowest BCUT2D eigenvalue weighted by Gasteiger charge is -2.10. The van der Waals surface area contributed by atoms with Crippen molar-refractivity contribution < 1.29 is 9.53 Å². The summed E-state index contributed by atoms with van der Waals surface area (Å²) in [5.74, 6) is 0.465. The van der Waals surface area contributed by atoms with Gasteiger partial charge in [0.2, 0.25) is 0 Å². The van der Waals surface area contributed by atoms with Gasteiger partial charge in [0.25, 0.3) is 5.91 Å². The van der Waals surface area contributed by atoms with Gasteiger partial charge in [0.05, 0.1) is 6.33 Å². The van der Waals surface area contributed by atoms with Gasteiger partial charge < -0.3 is 14.6 Å². The summed E-state index contributed by atoms with van der Waals surface area (Å²) in [6.07, 6.45) is 5.32. The Morgan fingerprint density at radius 1 is 1.17 bits per heavy atom. The first kappa shape index (κ1) is 14.8. The van der Waals surface area contributed by atoms with E-state index in [4.69, 9.17) is 4.74 Å². The number of amides is 1. The van der Waals surface area contributed by atoms with E-state index in [9.17, 15) is 4.79 Å². The molecule has 0 saturated carbocycles. The van der Waals surface area contributed by atoms with Crippen molar-refractivity contribution >= 4 is 11.6 Å². The molecule has 1 aromatic heterocycles. The molecule has 0 spiro atoms. The molecule has 1 N–H and O–H groups in total. The van der Waals surface area contributed by atoms with E-state index in [1.165, 1.54) is 0 Å². The number of carbonyl (C=O) groups is 1. The van der Waals surface area contributed by atoms with E-state index >= 15 is 0 Å². The molecule has 0 saturated heterocycles. The monoisotopic (exact) mass is 307 g/mol. The van der Waals surface area contributed by atoms with Gasteiger partial charge in [-0.25, -0.2) is 4.98 Å². The number of carbonyl (C=O) groups excluding carboxylic acids is 1. The van der Waals surface area contributed by atoms with Crippen LogP contribution in [0.2, 0.25) is 0 Å². The minimum absolute atomic E-state index is 0.0290. The summed E-state index contributed by atoms with van der Waals surface area (Å²) in [6, 6.07) is 15.1. The van der Waals surface area contributed by atoms with E-state index in [0.717, 1.165) is 16.9 Å². The maximum Gasteiger partial charge on any atom is 0.262 e. The number of aromatic nitrogens is 2. The van der Waals surface area contributed by atoms with Crippen molar-refractivity contribution in [3.63, 3.8) is 0 Å². The Kier molecular flexibility index (Phi) is 4.38. The molecule has 0 aliphatic heterocycles. The smallest absolute Gasteiger partial charge is 0.262 e. The third-order valence-electron chi connectivity index (χ3n) is 3.43. The Morgan fingerprint density at radius 2 is 1.96 bits per heavy atom. The molecule has 23 heavy (non-hydrogen) atoms. The predicted octanol–water partition coefficient (Wildman–Crippen LogP) is 3.20. The molecule has 3 rings (SSSR count). The molecule has 0 aliphatic carbocycles. The van der Waals surface area contributed by atoms with Crippen molar-refractivity contribution in [3.8, 4) is 11.4 Å². The highest BCUT2D eigenvalue weighted by atomic mass is 16.5. The van der Waals surface area contributed by atoms with Crippen molar-refractivity contribution in [2.75, 3.05) is 11.9 Å². The van der Waals surface area contributed by atoms with Crippen LogP contribution < -0.4 is 10.1 Å². The van der Waals surface area contributed by atoms with Crippen molar-refractivity contribution in [2.24, 2.45) is 0 Å². The summed E-state index contributed by atoms with van der Waals surface area (Å²) in [5.41, 5.74) is 2.81. The molecule has 0 atom stereocenters. The molecule has 0 radical (unpaired) electrons.